The average Bonchev–Trinajstić information content (AvgIpc) is 2.70. The van der Waals surface area contributed by atoms with Gasteiger partial charge in [0.1, 0.15) is 5.76 Å². The van der Waals surface area contributed by atoms with E-state index in [0.717, 1.165) is 31.9 Å². The first-order chi connectivity index (χ1) is 6.42. The summed E-state index contributed by atoms with van der Waals surface area (Å²) >= 11 is 0. The fourth-order valence-corrected chi connectivity index (χ4v) is 1.89. The summed E-state index contributed by atoms with van der Waals surface area (Å²) in [6.45, 7) is 6.49. The van der Waals surface area contributed by atoms with Crippen LogP contribution in [0.2, 0.25) is 0 Å². The van der Waals surface area contributed by atoms with Crippen LogP contribution in [0, 0.1) is 0 Å². The van der Waals surface area contributed by atoms with Crippen molar-refractivity contribution in [1.29, 1.82) is 0 Å². The molecule has 0 spiro atoms. The Morgan fingerprint density at radius 2 is 2.62 bits per heavy atom. The molecule has 1 aliphatic rings. The van der Waals surface area contributed by atoms with Gasteiger partial charge in [-0.2, -0.15) is 0 Å². The van der Waals surface area contributed by atoms with Crippen LogP contribution < -0.4 is 5.32 Å². The lowest BCUT2D eigenvalue weighted by atomic mass is 10.1. The molecule has 0 bridgehead atoms. The second-order valence-corrected chi connectivity index (χ2v) is 3.36. The normalized spacial score (nSPS) is 24.8. The number of nitrogens with one attached hydrogen (secondary N) is 1. The largest absolute Gasteiger partial charge is 0.468 e. The second kappa shape index (κ2) is 3.94. The van der Waals surface area contributed by atoms with Crippen molar-refractivity contribution in [3.8, 4) is 0 Å². The average molecular weight is 180 g/mol. The lowest BCUT2D eigenvalue weighted by Crippen LogP contribution is -2.45. The Morgan fingerprint density at radius 3 is 3.31 bits per heavy atom. The van der Waals surface area contributed by atoms with E-state index < -0.39 is 0 Å². The quantitative estimate of drug-likeness (QED) is 0.742. The summed E-state index contributed by atoms with van der Waals surface area (Å²) in [5.74, 6) is 1.08. The summed E-state index contributed by atoms with van der Waals surface area (Å²) in [6, 6.07) is 4.44. The minimum atomic E-state index is 0.425. The van der Waals surface area contributed by atoms with Crippen LogP contribution in [0.5, 0.6) is 0 Å². The SMILES string of the molecule is CCN1CCNCC1c1ccco1. The Balaban J connectivity index is 2.11. The van der Waals surface area contributed by atoms with Crippen LogP contribution in [0.3, 0.4) is 0 Å². The molecular formula is C10H16N2O. The molecule has 3 nitrogen and oxygen atoms in total. The van der Waals surface area contributed by atoms with Crippen molar-refractivity contribution >= 4 is 0 Å². The molecule has 13 heavy (non-hydrogen) atoms. The monoisotopic (exact) mass is 180 g/mol. The van der Waals surface area contributed by atoms with Crippen LogP contribution in [0.1, 0.15) is 18.7 Å². The van der Waals surface area contributed by atoms with Crippen molar-refractivity contribution in [3.63, 3.8) is 0 Å². The van der Waals surface area contributed by atoms with E-state index in [2.05, 4.69) is 23.2 Å². The van der Waals surface area contributed by atoms with Crippen LogP contribution in [-0.4, -0.2) is 31.1 Å². The smallest absolute Gasteiger partial charge is 0.122 e. The van der Waals surface area contributed by atoms with E-state index in [1.54, 1.807) is 6.26 Å². The third-order valence-corrected chi connectivity index (χ3v) is 2.63. The van der Waals surface area contributed by atoms with Crippen molar-refractivity contribution < 1.29 is 4.42 Å². The zero-order valence-corrected chi connectivity index (χ0v) is 7.99. The Bertz CT molecular complexity index is 245. The highest BCUT2D eigenvalue weighted by Crippen LogP contribution is 2.21. The first-order valence-electron chi connectivity index (χ1n) is 4.90. The van der Waals surface area contributed by atoms with E-state index in [1.807, 2.05) is 6.07 Å². The fraction of sp³-hybridized carbons (Fsp3) is 0.600. The Kier molecular flexibility index (Phi) is 2.66. The summed E-state index contributed by atoms with van der Waals surface area (Å²) in [6.07, 6.45) is 1.75. The zero-order chi connectivity index (χ0) is 9.10. The highest BCUT2D eigenvalue weighted by Gasteiger charge is 2.23. The van der Waals surface area contributed by atoms with Gasteiger partial charge < -0.3 is 9.73 Å². The van der Waals surface area contributed by atoms with Gasteiger partial charge in [0.05, 0.1) is 12.3 Å². The van der Waals surface area contributed by atoms with E-state index in [-0.39, 0.29) is 0 Å². The first kappa shape index (κ1) is 8.78. The fourth-order valence-electron chi connectivity index (χ4n) is 1.89. The molecule has 1 aliphatic heterocycles. The van der Waals surface area contributed by atoms with Crippen LogP contribution >= 0.6 is 0 Å². The van der Waals surface area contributed by atoms with Crippen LogP contribution in [0.15, 0.2) is 22.8 Å². The highest BCUT2D eigenvalue weighted by atomic mass is 16.3. The molecule has 0 aromatic carbocycles. The Morgan fingerprint density at radius 1 is 1.69 bits per heavy atom. The maximum absolute atomic E-state index is 5.42. The van der Waals surface area contributed by atoms with Crippen molar-refractivity contribution in [1.82, 2.24) is 10.2 Å². The number of rotatable bonds is 2. The molecule has 2 rings (SSSR count). The lowest BCUT2D eigenvalue weighted by Gasteiger charge is -2.33. The molecule has 0 radical (unpaired) electrons. The van der Waals surface area contributed by atoms with E-state index in [9.17, 15) is 0 Å². The maximum Gasteiger partial charge on any atom is 0.122 e. The molecule has 1 fully saturated rings. The molecule has 0 aliphatic carbocycles. The third-order valence-electron chi connectivity index (χ3n) is 2.63. The summed E-state index contributed by atoms with van der Waals surface area (Å²) in [5.41, 5.74) is 0. The van der Waals surface area contributed by atoms with Crippen LogP contribution in [0.4, 0.5) is 0 Å². The topological polar surface area (TPSA) is 28.4 Å². The minimum absolute atomic E-state index is 0.425. The molecule has 1 aromatic rings. The molecule has 3 heteroatoms. The third kappa shape index (κ3) is 1.76. The van der Waals surface area contributed by atoms with E-state index >= 15 is 0 Å². The number of hydrogen-bond donors (Lipinski definition) is 1. The van der Waals surface area contributed by atoms with Gasteiger partial charge in [0.2, 0.25) is 0 Å². The van der Waals surface area contributed by atoms with Crippen LogP contribution in [-0.2, 0) is 0 Å². The maximum atomic E-state index is 5.42. The molecule has 0 saturated carbocycles. The molecular weight excluding hydrogens is 164 g/mol. The predicted octanol–water partition coefficient (Wildman–Crippen LogP) is 1.25. The molecule has 1 atom stereocenters. The van der Waals surface area contributed by atoms with E-state index in [4.69, 9.17) is 4.42 Å². The minimum Gasteiger partial charge on any atom is -0.468 e. The summed E-state index contributed by atoms with van der Waals surface area (Å²) in [7, 11) is 0. The van der Waals surface area contributed by atoms with Gasteiger partial charge in [-0.15, -0.1) is 0 Å². The Labute approximate surface area is 78.7 Å². The van der Waals surface area contributed by atoms with Gasteiger partial charge in [-0.25, -0.2) is 0 Å². The molecule has 72 valence electrons. The second-order valence-electron chi connectivity index (χ2n) is 3.36. The molecule has 2 heterocycles. The van der Waals surface area contributed by atoms with Gasteiger partial charge >= 0.3 is 0 Å². The van der Waals surface area contributed by atoms with E-state index in [1.165, 1.54) is 0 Å². The van der Waals surface area contributed by atoms with Crippen molar-refractivity contribution in [2.24, 2.45) is 0 Å². The number of furan rings is 1. The summed E-state index contributed by atoms with van der Waals surface area (Å²) in [4.78, 5) is 2.44. The van der Waals surface area contributed by atoms with Crippen LogP contribution in [0.25, 0.3) is 0 Å². The van der Waals surface area contributed by atoms with Gasteiger partial charge in [0.25, 0.3) is 0 Å². The zero-order valence-electron chi connectivity index (χ0n) is 7.99. The standard InChI is InChI=1S/C10H16N2O/c1-2-12-6-5-11-8-9(12)10-4-3-7-13-10/h3-4,7,9,11H,2,5-6,8H2,1H3. The highest BCUT2D eigenvalue weighted by molar-refractivity contribution is 5.06. The van der Waals surface area contributed by atoms with Crippen molar-refractivity contribution in [2.75, 3.05) is 26.2 Å². The molecule has 1 unspecified atom stereocenters. The summed E-state index contributed by atoms with van der Waals surface area (Å²) in [5, 5.41) is 3.39. The predicted molar refractivity (Wildman–Crippen MR) is 51.6 cm³/mol. The number of nitrogens with zero attached hydrogens (tertiary/aromatic N) is 1. The molecule has 1 saturated heterocycles. The number of piperazine rings is 1. The summed E-state index contributed by atoms with van der Waals surface area (Å²) < 4.78 is 5.42. The van der Waals surface area contributed by atoms with Crippen molar-refractivity contribution in [3.05, 3.63) is 24.2 Å². The lowest BCUT2D eigenvalue weighted by molar-refractivity contribution is 0.150. The number of hydrogen-bond acceptors (Lipinski definition) is 3. The van der Waals surface area contributed by atoms with Gasteiger partial charge in [0.15, 0.2) is 0 Å². The van der Waals surface area contributed by atoms with Crippen molar-refractivity contribution in [2.45, 2.75) is 13.0 Å². The molecule has 0 amide bonds. The van der Waals surface area contributed by atoms with E-state index in [0.29, 0.717) is 6.04 Å². The van der Waals surface area contributed by atoms with Gasteiger partial charge in [-0.1, -0.05) is 6.92 Å². The molecule has 1 N–H and O–H groups in total. The van der Waals surface area contributed by atoms with Gasteiger partial charge in [-0.05, 0) is 18.7 Å². The van der Waals surface area contributed by atoms with Gasteiger partial charge in [0, 0.05) is 19.6 Å². The number of likely N-dealkylation sites (N-methyl/N-ethyl adjacent to an activating group) is 1. The van der Waals surface area contributed by atoms with Gasteiger partial charge in [-0.3, -0.25) is 4.90 Å². The Hall–Kier alpha value is -0.800. The first-order valence-corrected chi connectivity index (χ1v) is 4.90. The molecule has 1 aromatic heterocycles.